The summed E-state index contributed by atoms with van der Waals surface area (Å²) in [5, 5.41) is -0.299. The Labute approximate surface area is 149 Å². The molecule has 5 nitrogen and oxygen atoms in total. The lowest BCUT2D eigenvalue weighted by molar-refractivity contribution is -0.117. The summed E-state index contributed by atoms with van der Waals surface area (Å²) in [6.45, 7) is 1.56. The second-order valence-electron chi connectivity index (χ2n) is 4.77. The van der Waals surface area contributed by atoms with E-state index in [0.717, 1.165) is 0 Å². The minimum Gasteiger partial charge on any atom is -0.482 e. The van der Waals surface area contributed by atoms with Gasteiger partial charge in [-0.05, 0) is 61.0 Å². The number of carbonyl (C=O) groups excluding carboxylic acids is 2. The summed E-state index contributed by atoms with van der Waals surface area (Å²) in [5.41, 5.74) is 0.332. The van der Waals surface area contributed by atoms with Gasteiger partial charge in [-0.2, -0.15) is 0 Å². The molecule has 0 radical (unpaired) electrons. The second kappa shape index (κ2) is 8.04. The highest BCUT2D eigenvalue weighted by Gasteiger charge is 2.12. The van der Waals surface area contributed by atoms with Crippen molar-refractivity contribution >= 4 is 34.4 Å². The number of methoxy groups -OCH3 is 1. The zero-order valence-electron chi connectivity index (χ0n) is 12.9. The molecule has 2 aromatic rings. The maximum absolute atomic E-state index is 11.4. The standard InChI is InChI=1S/C17H14Cl2O5/c1-10(16(19)20)23-12-4-6-13(7-5-12)24-15-8-3-11(9-14(15)18)17(21)22-2/h3-10H,1-2H3. The Morgan fingerprint density at radius 2 is 1.67 bits per heavy atom. The van der Waals surface area contributed by atoms with Gasteiger partial charge in [-0.1, -0.05) is 11.6 Å². The van der Waals surface area contributed by atoms with Gasteiger partial charge in [-0.3, -0.25) is 4.79 Å². The van der Waals surface area contributed by atoms with Gasteiger partial charge in [0.15, 0.2) is 6.10 Å². The van der Waals surface area contributed by atoms with Crippen LogP contribution in [0.15, 0.2) is 42.5 Å². The van der Waals surface area contributed by atoms with Crippen LogP contribution in [0.3, 0.4) is 0 Å². The lowest BCUT2D eigenvalue weighted by atomic mass is 10.2. The summed E-state index contributed by atoms with van der Waals surface area (Å²) in [5.74, 6) is 0.908. The topological polar surface area (TPSA) is 61.8 Å². The van der Waals surface area contributed by atoms with Crippen molar-refractivity contribution in [3.63, 3.8) is 0 Å². The van der Waals surface area contributed by atoms with Crippen molar-refractivity contribution < 1.29 is 23.8 Å². The number of hydrogen-bond acceptors (Lipinski definition) is 5. The maximum Gasteiger partial charge on any atom is 0.337 e. The van der Waals surface area contributed by atoms with Crippen LogP contribution in [0.2, 0.25) is 5.02 Å². The highest BCUT2D eigenvalue weighted by Crippen LogP contribution is 2.31. The molecule has 0 heterocycles. The largest absolute Gasteiger partial charge is 0.482 e. The molecule has 24 heavy (non-hydrogen) atoms. The second-order valence-corrected chi connectivity index (χ2v) is 5.55. The van der Waals surface area contributed by atoms with Gasteiger partial charge in [0.25, 0.3) is 5.24 Å². The average molecular weight is 369 g/mol. The van der Waals surface area contributed by atoms with E-state index in [2.05, 4.69) is 4.74 Å². The average Bonchev–Trinajstić information content (AvgIpc) is 2.57. The number of esters is 1. The van der Waals surface area contributed by atoms with Crippen LogP contribution >= 0.6 is 23.2 Å². The number of carbonyl (C=O) groups is 2. The third-order valence-electron chi connectivity index (χ3n) is 3.04. The van der Waals surface area contributed by atoms with E-state index >= 15 is 0 Å². The van der Waals surface area contributed by atoms with E-state index in [0.29, 0.717) is 22.8 Å². The molecule has 0 aliphatic carbocycles. The van der Waals surface area contributed by atoms with Crippen LogP contribution in [-0.4, -0.2) is 24.4 Å². The first-order valence-corrected chi connectivity index (χ1v) is 7.68. The van der Waals surface area contributed by atoms with Crippen LogP contribution in [0.5, 0.6) is 17.2 Å². The summed E-state index contributed by atoms with van der Waals surface area (Å²) in [7, 11) is 1.29. The summed E-state index contributed by atoms with van der Waals surface area (Å²) < 4.78 is 15.6. The molecule has 2 rings (SSSR count). The fourth-order valence-corrected chi connectivity index (χ4v) is 2.06. The monoisotopic (exact) mass is 368 g/mol. The minimum atomic E-state index is -0.737. The molecule has 0 aliphatic rings. The van der Waals surface area contributed by atoms with E-state index in [4.69, 9.17) is 32.7 Å². The van der Waals surface area contributed by atoms with Crippen LogP contribution in [0, 0.1) is 0 Å². The zero-order chi connectivity index (χ0) is 17.7. The molecule has 0 saturated carbocycles. The Hall–Kier alpha value is -2.24. The lowest BCUT2D eigenvalue weighted by Gasteiger charge is -2.12. The Bertz CT molecular complexity index is 743. The molecular formula is C17H14Cl2O5. The van der Waals surface area contributed by atoms with Crippen molar-refractivity contribution in [3.8, 4) is 17.2 Å². The van der Waals surface area contributed by atoms with Crippen LogP contribution in [0.1, 0.15) is 17.3 Å². The Morgan fingerprint density at radius 3 is 2.21 bits per heavy atom. The van der Waals surface area contributed by atoms with Crippen LogP contribution in [0.4, 0.5) is 0 Å². The molecule has 0 amide bonds. The van der Waals surface area contributed by atoms with Crippen molar-refractivity contribution in [2.24, 2.45) is 0 Å². The van der Waals surface area contributed by atoms with E-state index in [1.807, 2.05) is 0 Å². The van der Waals surface area contributed by atoms with Crippen molar-refractivity contribution in [2.75, 3.05) is 7.11 Å². The van der Waals surface area contributed by atoms with E-state index in [9.17, 15) is 9.59 Å². The molecular weight excluding hydrogens is 355 g/mol. The van der Waals surface area contributed by atoms with Gasteiger partial charge >= 0.3 is 5.97 Å². The van der Waals surface area contributed by atoms with Crippen molar-refractivity contribution in [1.82, 2.24) is 0 Å². The quantitative estimate of drug-likeness (QED) is 0.556. The minimum absolute atomic E-state index is 0.277. The first kappa shape index (κ1) is 18.1. The van der Waals surface area contributed by atoms with Gasteiger partial charge in [0.2, 0.25) is 0 Å². The summed E-state index contributed by atoms with van der Waals surface area (Å²) in [4.78, 5) is 22.4. The summed E-state index contributed by atoms with van der Waals surface area (Å²) in [6.07, 6.45) is -0.737. The Balaban J connectivity index is 2.08. The van der Waals surface area contributed by atoms with Crippen molar-refractivity contribution in [1.29, 1.82) is 0 Å². The number of ether oxygens (including phenoxy) is 3. The SMILES string of the molecule is COC(=O)c1ccc(Oc2ccc(OC(C)C(=O)Cl)cc2)c(Cl)c1. The molecule has 0 spiro atoms. The smallest absolute Gasteiger partial charge is 0.337 e. The summed E-state index contributed by atoms with van der Waals surface area (Å²) in [6, 6.07) is 11.2. The fraction of sp³-hybridized carbons (Fsp3) is 0.176. The summed E-state index contributed by atoms with van der Waals surface area (Å²) >= 11 is 11.4. The highest BCUT2D eigenvalue weighted by molar-refractivity contribution is 6.64. The number of benzene rings is 2. The number of hydrogen-bond donors (Lipinski definition) is 0. The van der Waals surface area contributed by atoms with Crippen molar-refractivity contribution in [2.45, 2.75) is 13.0 Å². The third kappa shape index (κ3) is 4.63. The molecule has 0 aromatic heterocycles. The first-order valence-electron chi connectivity index (χ1n) is 6.92. The normalized spacial score (nSPS) is 11.5. The van der Waals surface area contributed by atoms with Crippen molar-refractivity contribution in [3.05, 3.63) is 53.1 Å². The van der Waals surface area contributed by atoms with E-state index in [1.54, 1.807) is 43.3 Å². The third-order valence-corrected chi connectivity index (χ3v) is 3.64. The Kier molecular flexibility index (Phi) is 6.06. The molecule has 7 heteroatoms. The molecule has 0 aliphatic heterocycles. The molecule has 1 atom stereocenters. The van der Waals surface area contributed by atoms with E-state index in [-0.39, 0.29) is 5.02 Å². The van der Waals surface area contributed by atoms with Crippen LogP contribution in [0.25, 0.3) is 0 Å². The molecule has 1 unspecified atom stereocenters. The zero-order valence-corrected chi connectivity index (χ0v) is 14.4. The van der Waals surface area contributed by atoms with E-state index < -0.39 is 17.3 Å². The molecule has 0 N–H and O–H groups in total. The predicted octanol–water partition coefficient (Wildman–Crippen LogP) is 4.45. The fourth-order valence-electron chi connectivity index (χ4n) is 1.79. The Morgan fingerprint density at radius 1 is 1.04 bits per heavy atom. The highest BCUT2D eigenvalue weighted by atomic mass is 35.5. The van der Waals surface area contributed by atoms with Gasteiger partial charge in [0.1, 0.15) is 17.2 Å². The predicted molar refractivity (Wildman–Crippen MR) is 90.3 cm³/mol. The first-order chi connectivity index (χ1) is 11.4. The number of halogens is 2. The van der Waals surface area contributed by atoms with Crippen LogP contribution < -0.4 is 9.47 Å². The lowest BCUT2D eigenvalue weighted by Crippen LogP contribution is -2.18. The van der Waals surface area contributed by atoms with Gasteiger partial charge in [0.05, 0.1) is 17.7 Å². The van der Waals surface area contributed by atoms with Gasteiger partial charge in [0, 0.05) is 0 Å². The maximum atomic E-state index is 11.4. The molecule has 0 fully saturated rings. The van der Waals surface area contributed by atoms with Crippen LogP contribution in [-0.2, 0) is 9.53 Å². The number of rotatable bonds is 6. The molecule has 0 saturated heterocycles. The molecule has 0 bridgehead atoms. The van der Waals surface area contributed by atoms with Gasteiger partial charge in [-0.25, -0.2) is 4.79 Å². The van der Waals surface area contributed by atoms with Gasteiger partial charge < -0.3 is 14.2 Å². The van der Waals surface area contributed by atoms with Gasteiger partial charge in [-0.15, -0.1) is 0 Å². The van der Waals surface area contributed by atoms with E-state index in [1.165, 1.54) is 13.2 Å². The molecule has 2 aromatic carbocycles. The molecule has 126 valence electrons.